The summed E-state index contributed by atoms with van der Waals surface area (Å²) in [6.07, 6.45) is -4.74. The number of amides is 2. The Morgan fingerprint density at radius 2 is 1.71 bits per heavy atom. The number of rotatable bonds is 8. The molecule has 0 aromatic heterocycles. The Labute approximate surface area is 192 Å². The highest BCUT2D eigenvalue weighted by molar-refractivity contribution is 6.04. The van der Waals surface area contributed by atoms with Crippen LogP contribution in [0.3, 0.4) is 0 Å². The van der Waals surface area contributed by atoms with Crippen LogP contribution in [0.5, 0.6) is 5.75 Å². The van der Waals surface area contributed by atoms with Crippen LogP contribution in [0.4, 0.5) is 28.9 Å². The molecule has 0 fully saturated rings. The zero-order valence-electron chi connectivity index (χ0n) is 18.0. The lowest BCUT2D eigenvalue weighted by Gasteiger charge is -2.16. The Hall–Kier alpha value is -4.08. The molecule has 0 atom stereocenters. The van der Waals surface area contributed by atoms with Gasteiger partial charge in [0.1, 0.15) is 11.6 Å². The molecule has 34 heavy (non-hydrogen) atoms. The van der Waals surface area contributed by atoms with Gasteiger partial charge in [0.05, 0.1) is 19.2 Å². The van der Waals surface area contributed by atoms with E-state index < -0.39 is 35.9 Å². The molecule has 3 N–H and O–H groups in total. The van der Waals surface area contributed by atoms with Gasteiger partial charge in [0, 0.05) is 23.5 Å². The van der Waals surface area contributed by atoms with Gasteiger partial charge in [-0.15, -0.1) is 0 Å². The minimum atomic E-state index is -4.74. The van der Waals surface area contributed by atoms with Crippen LogP contribution in [-0.4, -0.2) is 25.5 Å². The second-order valence-electron chi connectivity index (χ2n) is 7.20. The molecule has 178 valence electrons. The van der Waals surface area contributed by atoms with Crippen molar-refractivity contribution in [2.24, 2.45) is 0 Å². The summed E-state index contributed by atoms with van der Waals surface area (Å²) in [6.45, 7) is -0.216. The summed E-state index contributed by atoms with van der Waals surface area (Å²) in [7, 11) is 1.51. The van der Waals surface area contributed by atoms with Gasteiger partial charge in [-0.3, -0.25) is 9.59 Å². The minimum absolute atomic E-state index is 0.0878. The zero-order valence-corrected chi connectivity index (χ0v) is 18.0. The van der Waals surface area contributed by atoms with E-state index in [-0.39, 0.29) is 23.5 Å². The molecule has 0 aliphatic rings. The molecule has 3 rings (SSSR count). The van der Waals surface area contributed by atoms with Gasteiger partial charge in [0.15, 0.2) is 0 Å². The molecule has 3 aromatic carbocycles. The first-order valence-corrected chi connectivity index (χ1v) is 10.1. The number of nitrogens with one attached hydrogen (secondary N) is 3. The molecule has 0 heterocycles. The number of hydrogen-bond acceptors (Lipinski definition) is 4. The molecule has 0 spiro atoms. The molecule has 6 nitrogen and oxygen atoms in total. The van der Waals surface area contributed by atoms with Crippen molar-refractivity contribution in [1.29, 1.82) is 0 Å². The van der Waals surface area contributed by atoms with Gasteiger partial charge in [-0.2, -0.15) is 13.2 Å². The van der Waals surface area contributed by atoms with E-state index in [1.54, 1.807) is 24.3 Å². The van der Waals surface area contributed by atoms with Crippen LogP contribution in [-0.2, 0) is 17.5 Å². The van der Waals surface area contributed by atoms with Crippen LogP contribution in [0.15, 0.2) is 66.7 Å². The van der Waals surface area contributed by atoms with Gasteiger partial charge in [-0.25, -0.2) is 4.39 Å². The molecule has 0 aliphatic heterocycles. The van der Waals surface area contributed by atoms with Crippen LogP contribution in [0.2, 0.25) is 0 Å². The highest BCUT2D eigenvalue weighted by Gasteiger charge is 2.34. The number of carbonyl (C=O) groups is 2. The Morgan fingerprint density at radius 1 is 0.971 bits per heavy atom. The first kappa shape index (κ1) is 24.6. The van der Waals surface area contributed by atoms with Crippen LogP contribution in [0.25, 0.3) is 0 Å². The maximum Gasteiger partial charge on any atom is 0.418 e. The van der Waals surface area contributed by atoms with Crippen LogP contribution in [0.1, 0.15) is 21.5 Å². The summed E-state index contributed by atoms with van der Waals surface area (Å²) in [5.74, 6) is -1.12. The Kier molecular flexibility index (Phi) is 7.72. The molecule has 0 saturated carbocycles. The van der Waals surface area contributed by atoms with E-state index in [9.17, 15) is 27.2 Å². The second kappa shape index (κ2) is 10.7. The number of anilines is 2. The quantitative estimate of drug-likeness (QED) is 0.408. The number of carbonyl (C=O) groups excluding carboxylic acids is 2. The summed E-state index contributed by atoms with van der Waals surface area (Å²) >= 11 is 0. The van der Waals surface area contributed by atoms with E-state index in [1.807, 2.05) is 0 Å². The van der Waals surface area contributed by atoms with Crippen molar-refractivity contribution >= 4 is 23.2 Å². The van der Waals surface area contributed by atoms with Crippen molar-refractivity contribution in [1.82, 2.24) is 5.32 Å². The average Bonchev–Trinajstić information content (AvgIpc) is 2.81. The molecule has 10 heteroatoms. The normalized spacial score (nSPS) is 11.0. The van der Waals surface area contributed by atoms with Crippen molar-refractivity contribution in [3.05, 3.63) is 89.2 Å². The maximum absolute atomic E-state index is 13.6. The number of ether oxygens (including phenoxy) is 1. The first-order valence-electron chi connectivity index (χ1n) is 10.1. The van der Waals surface area contributed by atoms with Crippen molar-refractivity contribution in [2.45, 2.75) is 12.7 Å². The smallest absolute Gasteiger partial charge is 0.418 e. The second-order valence-corrected chi connectivity index (χ2v) is 7.20. The molecular weight excluding hydrogens is 454 g/mol. The average molecular weight is 475 g/mol. The molecule has 0 unspecified atom stereocenters. The summed E-state index contributed by atoms with van der Waals surface area (Å²) in [4.78, 5) is 24.4. The minimum Gasteiger partial charge on any atom is -0.497 e. The van der Waals surface area contributed by atoms with E-state index in [0.29, 0.717) is 5.75 Å². The largest absolute Gasteiger partial charge is 0.497 e. The number of halogens is 4. The lowest BCUT2D eigenvalue weighted by Crippen LogP contribution is -2.30. The summed E-state index contributed by atoms with van der Waals surface area (Å²) in [5.41, 5.74) is -0.613. The van der Waals surface area contributed by atoms with E-state index in [2.05, 4.69) is 16.0 Å². The fourth-order valence-electron chi connectivity index (χ4n) is 3.04. The number of alkyl halides is 3. The number of methoxy groups -OCH3 is 1. The van der Waals surface area contributed by atoms with E-state index in [0.717, 1.165) is 29.8 Å². The lowest BCUT2D eigenvalue weighted by atomic mass is 10.1. The third-order valence-corrected chi connectivity index (χ3v) is 4.75. The summed E-state index contributed by atoms with van der Waals surface area (Å²) in [5, 5.41) is 7.45. The van der Waals surface area contributed by atoms with Crippen molar-refractivity contribution in [2.75, 3.05) is 24.3 Å². The highest BCUT2D eigenvalue weighted by Crippen LogP contribution is 2.36. The lowest BCUT2D eigenvalue weighted by molar-refractivity contribution is -0.137. The summed E-state index contributed by atoms with van der Waals surface area (Å²) < 4.78 is 58.9. The number of hydrogen-bond donors (Lipinski definition) is 3. The summed E-state index contributed by atoms with van der Waals surface area (Å²) in [6, 6.07) is 14.7. The molecule has 0 aliphatic carbocycles. The van der Waals surface area contributed by atoms with Crippen molar-refractivity contribution in [3.63, 3.8) is 0 Å². The van der Waals surface area contributed by atoms with Crippen LogP contribution in [0, 0.1) is 5.82 Å². The standard InChI is InChI=1S/C24H21F4N3O3/c1-34-19-4-2-3-15(11-19)13-30-22(32)14-29-21-10-9-18(12-20(21)24(26,27)28)31-23(33)16-5-7-17(25)8-6-16/h2-12,29H,13-14H2,1H3,(H,30,32)(H,31,33). The maximum atomic E-state index is 13.6. The van der Waals surface area contributed by atoms with Gasteiger partial charge in [0.25, 0.3) is 5.91 Å². The van der Waals surface area contributed by atoms with E-state index in [1.165, 1.54) is 25.3 Å². The monoisotopic (exact) mass is 475 g/mol. The topological polar surface area (TPSA) is 79.5 Å². The van der Waals surface area contributed by atoms with Crippen molar-refractivity contribution < 1.29 is 31.9 Å². The predicted octanol–water partition coefficient (Wildman–Crippen LogP) is 4.83. The van der Waals surface area contributed by atoms with Crippen molar-refractivity contribution in [3.8, 4) is 5.75 Å². The fourth-order valence-corrected chi connectivity index (χ4v) is 3.04. The van der Waals surface area contributed by atoms with Gasteiger partial charge < -0.3 is 20.7 Å². The van der Waals surface area contributed by atoms with Crippen LogP contribution < -0.4 is 20.7 Å². The SMILES string of the molecule is COc1cccc(CNC(=O)CNc2ccc(NC(=O)c3ccc(F)cc3)cc2C(F)(F)F)c1. The van der Waals surface area contributed by atoms with E-state index in [4.69, 9.17) is 4.74 Å². The molecule has 0 bridgehead atoms. The zero-order chi connectivity index (χ0) is 24.7. The highest BCUT2D eigenvalue weighted by atomic mass is 19.4. The van der Waals surface area contributed by atoms with Gasteiger partial charge >= 0.3 is 6.18 Å². The third-order valence-electron chi connectivity index (χ3n) is 4.75. The molecular formula is C24H21F4N3O3. The molecule has 2 amide bonds. The Balaban J connectivity index is 1.64. The molecule has 0 radical (unpaired) electrons. The molecule has 3 aromatic rings. The molecule has 0 saturated heterocycles. The Morgan fingerprint density at radius 3 is 2.38 bits per heavy atom. The Bertz CT molecular complexity index is 1160. The van der Waals surface area contributed by atoms with E-state index >= 15 is 0 Å². The van der Waals surface area contributed by atoms with Crippen LogP contribution >= 0.6 is 0 Å². The van der Waals surface area contributed by atoms with Gasteiger partial charge in [-0.05, 0) is 60.2 Å². The number of benzene rings is 3. The van der Waals surface area contributed by atoms with Gasteiger partial charge in [0.2, 0.25) is 5.91 Å². The first-order chi connectivity index (χ1) is 16.2. The van der Waals surface area contributed by atoms with Gasteiger partial charge in [-0.1, -0.05) is 12.1 Å². The fraction of sp³-hybridized carbons (Fsp3) is 0.167. The predicted molar refractivity (Wildman–Crippen MR) is 119 cm³/mol. The third kappa shape index (κ3) is 6.71.